The van der Waals surface area contributed by atoms with Crippen molar-refractivity contribution < 1.29 is 92.2 Å². The van der Waals surface area contributed by atoms with Crippen LogP contribution in [0.1, 0.15) is 19.8 Å². The molecule has 0 heterocycles. The molecule has 1 aliphatic rings. The number of rotatable bonds is 10. The standard InChI is InChI=1S/C18H13F21/c1-3-7-4-6(2)5-8(7)9(19,20)10(21,22)11(23,24)12(25,26)13(27,28)14(29,30)15(31,32)16(33,34)17(35,36)18(37,38)39/h3,6-8H,1,4-5H2,2H3. The van der Waals surface area contributed by atoms with Gasteiger partial charge in [0.2, 0.25) is 0 Å². The Morgan fingerprint density at radius 1 is 0.462 bits per heavy atom. The van der Waals surface area contributed by atoms with Crippen LogP contribution in [-0.4, -0.2) is 59.5 Å². The van der Waals surface area contributed by atoms with Crippen molar-refractivity contribution in [2.24, 2.45) is 17.8 Å². The molecule has 0 N–H and O–H groups in total. The maximum atomic E-state index is 14.4. The lowest BCUT2D eigenvalue weighted by molar-refractivity contribution is -0.475. The summed E-state index contributed by atoms with van der Waals surface area (Å²) in [5.74, 6) is -82.7. The molecule has 0 saturated heterocycles. The van der Waals surface area contributed by atoms with E-state index in [9.17, 15) is 92.2 Å². The summed E-state index contributed by atoms with van der Waals surface area (Å²) >= 11 is 0. The van der Waals surface area contributed by atoms with E-state index in [1.807, 2.05) is 0 Å². The summed E-state index contributed by atoms with van der Waals surface area (Å²) < 4.78 is 283. The van der Waals surface area contributed by atoms with Crippen molar-refractivity contribution in [1.29, 1.82) is 0 Å². The third kappa shape index (κ3) is 4.32. The van der Waals surface area contributed by atoms with Crippen molar-refractivity contribution >= 4 is 0 Å². The molecule has 0 spiro atoms. The zero-order chi connectivity index (χ0) is 31.9. The third-order valence-electron chi connectivity index (χ3n) is 6.15. The van der Waals surface area contributed by atoms with E-state index >= 15 is 0 Å². The molecule has 0 bridgehead atoms. The van der Waals surface area contributed by atoms with Gasteiger partial charge in [-0.3, -0.25) is 0 Å². The Morgan fingerprint density at radius 3 is 1.03 bits per heavy atom. The number of halogens is 21. The highest BCUT2D eigenvalue weighted by Crippen LogP contribution is 2.67. The lowest BCUT2D eigenvalue weighted by Gasteiger charge is -2.45. The van der Waals surface area contributed by atoms with E-state index in [2.05, 4.69) is 6.58 Å². The summed E-state index contributed by atoms with van der Waals surface area (Å²) in [5, 5.41) is 0. The molecule has 1 rings (SSSR count). The van der Waals surface area contributed by atoms with Crippen LogP contribution in [0.3, 0.4) is 0 Å². The average Bonchev–Trinajstić information content (AvgIpc) is 3.13. The Balaban J connectivity index is 3.78. The van der Waals surface area contributed by atoms with Crippen LogP contribution in [0, 0.1) is 17.8 Å². The predicted octanol–water partition coefficient (Wildman–Crippen LogP) is 9.11. The molecule has 3 atom stereocenters. The van der Waals surface area contributed by atoms with Crippen molar-refractivity contribution in [3.05, 3.63) is 12.7 Å². The van der Waals surface area contributed by atoms with E-state index in [1.54, 1.807) is 0 Å². The fourth-order valence-electron chi connectivity index (χ4n) is 3.81. The summed E-state index contributed by atoms with van der Waals surface area (Å²) in [4.78, 5) is 0. The zero-order valence-electron chi connectivity index (χ0n) is 18.4. The van der Waals surface area contributed by atoms with Gasteiger partial charge in [-0.2, -0.15) is 92.2 Å². The number of hydrogen-bond donors (Lipinski definition) is 0. The van der Waals surface area contributed by atoms with Crippen LogP contribution in [-0.2, 0) is 0 Å². The molecule has 39 heavy (non-hydrogen) atoms. The normalized spacial score (nSPS) is 23.8. The fourth-order valence-corrected chi connectivity index (χ4v) is 3.81. The molecule has 232 valence electrons. The lowest BCUT2D eigenvalue weighted by Crippen LogP contribution is -2.77. The maximum absolute atomic E-state index is 14.4. The fraction of sp³-hybridized carbons (Fsp3) is 0.889. The topological polar surface area (TPSA) is 0 Å². The Morgan fingerprint density at radius 2 is 0.744 bits per heavy atom. The molecule has 0 aliphatic heterocycles. The minimum absolute atomic E-state index is 0.417. The van der Waals surface area contributed by atoms with E-state index < -0.39 is 90.1 Å². The Kier molecular flexibility index (Phi) is 8.27. The first-order valence-corrected chi connectivity index (χ1v) is 9.79. The molecule has 0 radical (unpaired) electrons. The first-order valence-electron chi connectivity index (χ1n) is 9.79. The summed E-state index contributed by atoms with van der Waals surface area (Å²) in [6.45, 7) is 3.88. The lowest BCUT2D eigenvalue weighted by atomic mass is 9.80. The second-order valence-corrected chi connectivity index (χ2v) is 8.80. The SMILES string of the molecule is C=CC1CC(C)CC1C(F)(F)C(F)(F)C(F)(F)C(F)(F)C(F)(F)C(F)(F)C(F)(F)C(F)(F)C(F)(F)C(F)(F)F. The van der Waals surface area contributed by atoms with Crippen LogP contribution in [0.5, 0.6) is 0 Å². The van der Waals surface area contributed by atoms with Crippen molar-refractivity contribution in [2.45, 2.75) is 79.2 Å². The Hall–Kier alpha value is -1.73. The van der Waals surface area contributed by atoms with Crippen LogP contribution in [0.2, 0.25) is 0 Å². The first kappa shape index (κ1) is 35.3. The minimum Gasteiger partial charge on any atom is -0.199 e. The second kappa shape index (κ2) is 9.14. The molecule has 1 aliphatic carbocycles. The molecule has 21 heteroatoms. The first-order chi connectivity index (χ1) is 16.7. The number of hydrogen-bond acceptors (Lipinski definition) is 0. The number of alkyl halides is 21. The molecule has 0 aromatic carbocycles. The summed E-state index contributed by atoms with van der Waals surface area (Å²) in [6.07, 6.45) is -9.37. The van der Waals surface area contributed by atoms with Crippen LogP contribution >= 0.6 is 0 Å². The molecular formula is C18H13F21. The van der Waals surface area contributed by atoms with E-state index in [1.165, 1.54) is 0 Å². The quantitative estimate of drug-likeness (QED) is 0.167. The van der Waals surface area contributed by atoms with E-state index in [0.717, 1.165) is 6.92 Å². The second-order valence-electron chi connectivity index (χ2n) is 8.80. The Labute approximate surface area is 203 Å². The van der Waals surface area contributed by atoms with Gasteiger partial charge >= 0.3 is 59.5 Å². The maximum Gasteiger partial charge on any atom is 0.460 e. The van der Waals surface area contributed by atoms with Gasteiger partial charge in [-0.25, -0.2) is 0 Å². The molecule has 0 aromatic heterocycles. The van der Waals surface area contributed by atoms with Gasteiger partial charge in [-0.1, -0.05) is 13.0 Å². The van der Waals surface area contributed by atoms with Crippen LogP contribution < -0.4 is 0 Å². The van der Waals surface area contributed by atoms with Crippen molar-refractivity contribution in [1.82, 2.24) is 0 Å². The molecule has 0 amide bonds. The van der Waals surface area contributed by atoms with Gasteiger partial charge in [0.25, 0.3) is 0 Å². The third-order valence-corrected chi connectivity index (χ3v) is 6.15. The largest absolute Gasteiger partial charge is 0.460 e. The molecule has 1 saturated carbocycles. The van der Waals surface area contributed by atoms with E-state index in [0.29, 0.717) is 6.08 Å². The van der Waals surface area contributed by atoms with Crippen LogP contribution in [0.4, 0.5) is 92.2 Å². The molecule has 1 fully saturated rings. The molecule has 0 aromatic rings. The smallest absolute Gasteiger partial charge is 0.199 e. The van der Waals surface area contributed by atoms with Crippen LogP contribution in [0.15, 0.2) is 12.7 Å². The van der Waals surface area contributed by atoms with Gasteiger partial charge in [-0.15, -0.1) is 6.58 Å². The van der Waals surface area contributed by atoms with Gasteiger partial charge < -0.3 is 0 Å². The van der Waals surface area contributed by atoms with Crippen LogP contribution in [0.25, 0.3) is 0 Å². The number of allylic oxidation sites excluding steroid dienone is 1. The summed E-state index contributed by atoms with van der Waals surface area (Å²) in [5.41, 5.74) is 0. The summed E-state index contributed by atoms with van der Waals surface area (Å²) in [7, 11) is 0. The van der Waals surface area contributed by atoms with Gasteiger partial charge in [0, 0.05) is 5.92 Å². The summed E-state index contributed by atoms with van der Waals surface area (Å²) in [6, 6.07) is 0. The Bertz CT molecular complexity index is 910. The predicted molar refractivity (Wildman–Crippen MR) is 86.2 cm³/mol. The van der Waals surface area contributed by atoms with Gasteiger partial charge in [-0.05, 0) is 24.7 Å². The highest BCUT2D eigenvalue weighted by Gasteiger charge is 2.98. The van der Waals surface area contributed by atoms with Gasteiger partial charge in [0.05, 0.1) is 0 Å². The van der Waals surface area contributed by atoms with Crippen molar-refractivity contribution in [3.8, 4) is 0 Å². The van der Waals surface area contributed by atoms with Gasteiger partial charge in [0.1, 0.15) is 0 Å². The minimum atomic E-state index is -9.15. The van der Waals surface area contributed by atoms with E-state index in [4.69, 9.17) is 0 Å². The van der Waals surface area contributed by atoms with Crippen molar-refractivity contribution in [2.75, 3.05) is 0 Å². The molecule has 3 unspecified atom stereocenters. The highest BCUT2D eigenvalue weighted by molar-refractivity contribution is 5.19. The monoisotopic (exact) mass is 628 g/mol. The van der Waals surface area contributed by atoms with Gasteiger partial charge in [0.15, 0.2) is 0 Å². The van der Waals surface area contributed by atoms with E-state index in [-0.39, 0.29) is 0 Å². The van der Waals surface area contributed by atoms with Crippen molar-refractivity contribution in [3.63, 3.8) is 0 Å². The zero-order valence-corrected chi connectivity index (χ0v) is 18.4. The molecular weight excluding hydrogens is 615 g/mol. The molecule has 0 nitrogen and oxygen atoms in total. The average molecular weight is 628 g/mol. The highest BCUT2D eigenvalue weighted by atomic mass is 19.4.